The molecule has 2 rings (SSSR count). The Balaban J connectivity index is 1.97. The van der Waals surface area contributed by atoms with Gasteiger partial charge in [0, 0.05) is 23.3 Å². The Morgan fingerprint density at radius 2 is 2.21 bits per heavy atom. The van der Waals surface area contributed by atoms with E-state index in [0.717, 1.165) is 22.7 Å². The van der Waals surface area contributed by atoms with Crippen LogP contribution < -0.4 is 5.32 Å². The van der Waals surface area contributed by atoms with Crippen molar-refractivity contribution >= 4 is 33.2 Å². The average Bonchev–Trinajstić information content (AvgIpc) is 2.93. The topological polar surface area (TPSA) is 54.9 Å². The summed E-state index contributed by atoms with van der Waals surface area (Å²) in [7, 11) is 0. The summed E-state index contributed by atoms with van der Waals surface area (Å²) in [5.74, 6) is 0.000890. The molecule has 0 aliphatic heterocycles. The van der Waals surface area contributed by atoms with E-state index in [1.165, 1.54) is 0 Å². The van der Waals surface area contributed by atoms with Crippen LogP contribution in [0, 0.1) is 0 Å². The van der Waals surface area contributed by atoms with E-state index < -0.39 is 0 Å². The predicted octanol–water partition coefficient (Wildman–Crippen LogP) is 2.99. The molecule has 0 saturated heterocycles. The van der Waals surface area contributed by atoms with Gasteiger partial charge in [-0.2, -0.15) is 0 Å². The maximum atomic E-state index is 11.6. The molecule has 1 unspecified atom stereocenters. The highest BCUT2D eigenvalue weighted by molar-refractivity contribution is 9.10. The minimum absolute atomic E-state index is 0.000890. The summed E-state index contributed by atoms with van der Waals surface area (Å²) in [6, 6.07) is 3.85. The van der Waals surface area contributed by atoms with Crippen molar-refractivity contribution < 1.29 is 4.79 Å². The van der Waals surface area contributed by atoms with Gasteiger partial charge in [-0.25, -0.2) is 4.98 Å². The molecule has 0 fully saturated rings. The zero-order valence-corrected chi connectivity index (χ0v) is 12.9. The van der Waals surface area contributed by atoms with Gasteiger partial charge < -0.3 is 5.32 Å². The molecule has 2 aromatic heterocycles. The Hall–Kier alpha value is -1.27. The second kappa shape index (κ2) is 6.77. The number of aromatic nitrogens is 2. The monoisotopic (exact) mass is 339 g/mol. The Morgan fingerprint density at radius 3 is 2.89 bits per heavy atom. The van der Waals surface area contributed by atoms with Crippen molar-refractivity contribution in [2.45, 2.75) is 24.7 Å². The van der Waals surface area contributed by atoms with Gasteiger partial charge in [-0.1, -0.05) is 22.9 Å². The van der Waals surface area contributed by atoms with Gasteiger partial charge in [-0.15, -0.1) is 11.3 Å². The van der Waals surface area contributed by atoms with Crippen molar-refractivity contribution in [3.63, 3.8) is 0 Å². The number of carbonyl (C=O) groups excluding carboxylic acids is 1. The third kappa shape index (κ3) is 3.84. The van der Waals surface area contributed by atoms with Crippen LogP contribution in [0.4, 0.5) is 0 Å². The number of pyridine rings is 1. The van der Waals surface area contributed by atoms with E-state index in [2.05, 4.69) is 31.2 Å². The van der Waals surface area contributed by atoms with Crippen molar-refractivity contribution in [1.82, 2.24) is 15.3 Å². The number of nitrogens with one attached hydrogen (secondary N) is 1. The number of nitrogens with zero attached hydrogens (tertiary/aromatic N) is 2. The van der Waals surface area contributed by atoms with Gasteiger partial charge in [-0.3, -0.25) is 9.78 Å². The van der Waals surface area contributed by atoms with Crippen LogP contribution in [0.5, 0.6) is 0 Å². The zero-order valence-electron chi connectivity index (χ0n) is 10.5. The summed E-state index contributed by atoms with van der Waals surface area (Å²) in [6.45, 7) is 2.42. The maximum Gasteiger partial charge on any atom is 0.234 e. The molecule has 6 heteroatoms. The second-order valence-electron chi connectivity index (χ2n) is 3.97. The van der Waals surface area contributed by atoms with Crippen molar-refractivity contribution in [3.8, 4) is 10.6 Å². The molecule has 2 heterocycles. The van der Waals surface area contributed by atoms with Crippen molar-refractivity contribution in [2.24, 2.45) is 0 Å². The lowest BCUT2D eigenvalue weighted by molar-refractivity contribution is -0.120. The predicted molar refractivity (Wildman–Crippen MR) is 80.2 cm³/mol. The number of halogens is 1. The van der Waals surface area contributed by atoms with E-state index in [-0.39, 0.29) is 10.7 Å². The fourth-order valence-corrected chi connectivity index (χ4v) is 2.48. The number of amides is 1. The molecule has 0 saturated carbocycles. The van der Waals surface area contributed by atoms with Gasteiger partial charge in [0.2, 0.25) is 5.91 Å². The largest absolute Gasteiger partial charge is 0.349 e. The van der Waals surface area contributed by atoms with E-state index >= 15 is 0 Å². The first-order valence-electron chi connectivity index (χ1n) is 5.97. The molecule has 2 aromatic rings. The molecule has 19 heavy (non-hydrogen) atoms. The average molecular weight is 340 g/mol. The minimum Gasteiger partial charge on any atom is -0.349 e. The lowest BCUT2D eigenvalue weighted by Gasteiger charge is -2.06. The summed E-state index contributed by atoms with van der Waals surface area (Å²) in [5, 5.41) is 5.77. The van der Waals surface area contributed by atoms with E-state index in [4.69, 9.17) is 0 Å². The van der Waals surface area contributed by atoms with Gasteiger partial charge in [0.05, 0.1) is 17.1 Å². The van der Waals surface area contributed by atoms with Gasteiger partial charge >= 0.3 is 0 Å². The number of hydrogen-bond donors (Lipinski definition) is 1. The highest BCUT2D eigenvalue weighted by Crippen LogP contribution is 2.22. The minimum atomic E-state index is -0.134. The van der Waals surface area contributed by atoms with Gasteiger partial charge in [0.15, 0.2) is 0 Å². The van der Waals surface area contributed by atoms with Gasteiger partial charge in [-0.05, 0) is 18.6 Å². The number of hydrogen-bond acceptors (Lipinski definition) is 4. The molecule has 4 nitrogen and oxygen atoms in total. The first-order chi connectivity index (χ1) is 9.20. The number of thiazole rings is 1. The quantitative estimate of drug-likeness (QED) is 0.852. The zero-order chi connectivity index (χ0) is 13.7. The molecule has 1 atom stereocenters. The molecule has 0 aromatic carbocycles. The van der Waals surface area contributed by atoms with Crippen molar-refractivity contribution in [2.75, 3.05) is 0 Å². The third-order valence-electron chi connectivity index (χ3n) is 2.57. The summed E-state index contributed by atoms with van der Waals surface area (Å²) < 4.78 is 0. The Labute approximate surface area is 124 Å². The molecular weight excluding hydrogens is 326 g/mol. The molecule has 0 spiro atoms. The van der Waals surface area contributed by atoms with Crippen molar-refractivity contribution in [3.05, 3.63) is 35.6 Å². The fourth-order valence-electron chi connectivity index (χ4n) is 1.49. The SMILES string of the molecule is CCC(Br)C(=O)NCc1csc(-c2ccncc2)n1. The molecule has 0 radical (unpaired) electrons. The smallest absolute Gasteiger partial charge is 0.234 e. The highest BCUT2D eigenvalue weighted by atomic mass is 79.9. The molecule has 1 N–H and O–H groups in total. The normalized spacial score (nSPS) is 12.1. The number of alkyl halides is 1. The van der Waals surface area contributed by atoms with Crippen molar-refractivity contribution in [1.29, 1.82) is 0 Å². The van der Waals surface area contributed by atoms with Crippen LogP contribution in [0.2, 0.25) is 0 Å². The molecule has 0 aliphatic carbocycles. The standard InChI is InChI=1S/C13H14BrN3OS/c1-2-11(14)12(18)16-7-10-8-19-13(17-10)9-3-5-15-6-4-9/h3-6,8,11H,2,7H2,1H3,(H,16,18). The molecule has 100 valence electrons. The lowest BCUT2D eigenvalue weighted by atomic mass is 10.3. The molecule has 1 amide bonds. The van der Waals surface area contributed by atoms with Crippen LogP contribution in [-0.2, 0) is 11.3 Å². The van der Waals surface area contributed by atoms with Crippen LogP contribution in [0.25, 0.3) is 10.6 Å². The summed E-state index contributed by atoms with van der Waals surface area (Å²) in [6.07, 6.45) is 4.26. The van der Waals surface area contributed by atoms with E-state index in [1.807, 2.05) is 24.4 Å². The highest BCUT2D eigenvalue weighted by Gasteiger charge is 2.12. The summed E-state index contributed by atoms with van der Waals surface area (Å²) >= 11 is 4.89. The van der Waals surface area contributed by atoms with Gasteiger partial charge in [0.1, 0.15) is 5.01 Å². The van der Waals surface area contributed by atoms with Crippen LogP contribution in [0.3, 0.4) is 0 Å². The van der Waals surface area contributed by atoms with Gasteiger partial charge in [0.25, 0.3) is 0 Å². The third-order valence-corrected chi connectivity index (χ3v) is 4.57. The summed E-state index contributed by atoms with van der Waals surface area (Å²) in [4.78, 5) is 20.0. The first-order valence-corrected chi connectivity index (χ1v) is 7.76. The Kier molecular flexibility index (Phi) is 5.04. The van der Waals surface area contributed by atoms with E-state index in [1.54, 1.807) is 23.7 Å². The fraction of sp³-hybridized carbons (Fsp3) is 0.308. The second-order valence-corrected chi connectivity index (χ2v) is 5.94. The molecule has 0 aliphatic rings. The Morgan fingerprint density at radius 1 is 1.47 bits per heavy atom. The number of carbonyl (C=O) groups is 1. The van der Waals surface area contributed by atoms with Crippen LogP contribution in [0.1, 0.15) is 19.0 Å². The Bertz CT molecular complexity index is 544. The maximum absolute atomic E-state index is 11.6. The number of rotatable bonds is 5. The lowest BCUT2D eigenvalue weighted by Crippen LogP contribution is -2.30. The van der Waals surface area contributed by atoms with E-state index in [0.29, 0.717) is 6.54 Å². The molecule has 0 bridgehead atoms. The van der Waals surface area contributed by atoms with Crippen LogP contribution >= 0.6 is 27.3 Å². The first kappa shape index (κ1) is 14.1. The summed E-state index contributed by atoms with van der Waals surface area (Å²) in [5.41, 5.74) is 1.92. The molecular formula is C13H14BrN3OS. The van der Waals surface area contributed by atoms with Crippen LogP contribution in [0.15, 0.2) is 29.9 Å². The van der Waals surface area contributed by atoms with Crippen LogP contribution in [-0.4, -0.2) is 20.7 Å². The van der Waals surface area contributed by atoms with E-state index in [9.17, 15) is 4.79 Å².